The number of nitrogens with zero attached hydrogens (tertiary/aromatic N) is 1. The van der Waals surface area contributed by atoms with Crippen LogP contribution in [0.25, 0.3) is 0 Å². The van der Waals surface area contributed by atoms with E-state index < -0.39 is 42.8 Å². The normalized spacial score (nSPS) is 13.3. The molecule has 10 heteroatoms. The molecule has 1 N–H and O–H groups in total. The molecule has 2 amide bonds. The van der Waals surface area contributed by atoms with Crippen LogP contribution in [-0.4, -0.2) is 52.9 Å². The average molecular weight is 597 g/mol. The molecule has 0 aliphatic rings. The topological polar surface area (TPSA) is 84.9 Å². The lowest BCUT2D eigenvalue weighted by Crippen LogP contribution is -2.64. The van der Waals surface area contributed by atoms with E-state index in [-0.39, 0.29) is 11.5 Å². The summed E-state index contributed by atoms with van der Waals surface area (Å²) in [4.78, 5) is 41.0. The van der Waals surface area contributed by atoms with E-state index in [2.05, 4.69) is 37.7 Å². The Morgan fingerprint density at radius 2 is 1.49 bits per heavy atom. The summed E-state index contributed by atoms with van der Waals surface area (Å²) >= 11 is 7.22. The number of carbonyl (C=O) groups is 3. The Bertz CT molecular complexity index is 1030. The minimum Gasteiger partial charge on any atom is -0.446 e. The van der Waals surface area contributed by atoms with Crippen molar-refractivity contribution in [3.8, 4) is 11.5 Å². The Labute approximate surface area is 245 Å². The minimum atomic E-state index is -2.10. The Kier molecular flexibility index (Phi) is 13.4. The average Bonchev–Trinajstić information content (AvgIpc) is 2.82. The summed E-state index contributed by atoms with van der Waals surface area (Å²) < 4.78 is 10.4. The lowest BCUT2D eigenvalue weighted by atomic mass is 9.92. The fourth-order valence-corrected chi connectivity index (χ4v) is 7.36. The van der Waals surface area contributed by atoms with Crippen LogP contribution in [-0.2, 0) is 20.7 Å². The number of amides is 2. The summed E-state index contributed by atoms with van der Waals surface area (Å²) in [6.45, 7) is 18.9. The lowest BCUT2D eigenvalue weighted by molar-refractivity contribution is -0.120. The molecule has 0 bridgehead atoms. The van der Waals surface area contributed by atoms with Gasteiger partial charge in [0.1, 0.15) is 8.07 Å². The zero-order chi connectivity index (χ0) is 30.0. The Balaban J connectivity index is 4.07. The van der Waals surface area contributed by atoms with Crippen LogP contribution < -0.4 is 5.43 Å². The molecule has 0 aliphatic carbocycles. The summed E-state index contributed by atoms with van der Waals surface area (Å²) in [6.07, 6.45) is -2.73. The lowest BCUT2D eigenvalue weighted by Gasteiger charge is -2.39. The van der Waals surface area contributed by atoms with Gasteiger partial charge in [-0.2, -0.15) is 5.01 Å². The first kappa shape index (κ1) is 34.9. The zero-order valence-electron chi connectivity index (χ0n) is 25.1. The Morgan fingerprint density at radius 1 is 0.974 bits per heavy atom. The molecule has 0 saturated heterocycles. The summed E-state index contributed by atoms with van der Waals surface area (Å²) in [5.41, 5.74) is 4.98. The molecule has 1 atom stereocenters. The molecule has 218 valence electrons. The van der Waals surface area contributed by atoms with E-state index in [1.807, 2.05) is 20.8 Å². The van der Waals surface area contributed by atoms with Gasteiger partial charge in [0.15, 0.2) is 5.54 Å². The van der Waals surface area contributed by atoms with Gasteiger partial charge in [-0.3, -0.25) is 4.79 Å². The van der Waals surface area contributed by atoms with Crippen molar-refractivity contribution in [2.75, 3.05) is 0 Å². The van der Waals surface area contributed by atoms with E-state index in [1.54, 1.807) is 52.0 Å². The number of rotatable bonds is 9. The quantitative estimate of drug-likeness (QED) is 0.179. The summed E-state index contributed by atoms with van der Waals surface area (Å²) in [5.74, 6) is 3.29. The second-order valence-corrected chi connectivity index (χ2v) is 18.3. The second-order valence-electron chi connectivity index (χ2n) is 11.1. The van der Waals surface area contributed by atoms with Crippen LogP contribution in [0.2, 0.25) is 23.2 Å². The third-order valence-electron chi connectivity index (χ3n) is 6.12. The predicted molar refractivity (Wildman–Crippen MR) is 163 cm³/mol. The zero-order valence-corrected chi connectivity index (χ0v) is 27.6. The number of hydrazine groups is 1. The molecule has 0 fully saturated rings. The largest absolute Gasteiger partial charge is 0.446 e. The van der Waals surface area contributed by atoms with Crippen LogP contribution in [0.15, 0.2) is 24.3 Å². The molecule has 0 aromatic heterocycles. The van der Waals surface area contributed by atoms with Gasteiger partial charge in [0, 0.05) is 16.2 Å². The van der Waals surface area contributed by atoms with Crippen molar-refractivity contribution in [3.05, 3.63) is 34.9 Å². The van der Waals surface area contributed by atoms with E-state index >= 15 is 0 Å². The predicted octanol–water partition coefficient (Wildman–Crippen LogP) is 7.63. The third-order valence-corrected chi connectivity index (χ3v) is 12.2. The maximum Gasteiger partial charge on any atom is 0.430 e. The van der Waals surface area contributed by atoms with E-state index in [0.29, 0.717) is 5.02 Å². The third kappa shape index (κ3) is 10.7. The number of thioether (sulfide) groups is 1. The van der Waals surface area contributed by atoms with E-state index in [1.165, 1.54) is 0 Å². The van der Waals surface area contributed by atoms with Crippen molar-refractivity contribution in [3.63, 3.8) is 0 Å². The molecule has 1 unspecified atom stereocenters. The fraction of sp³-hybridized carbons (Fsp3) is 0.621. The van der Waals surface area contributed by atoms with Gasteiger partial charge in [-0.1, -0.05) is 83.0 Å². The van der Waals surface area contributed by atoms with Crippen molar-refractivity contribution in [1.29, 1.82) is 0 Å². The molecule has 39 heavy (non-hydrogen) atoms. The van der Waals surface area contributed by atoms with Gasteiger partial charge in [-0.15, -0.1) is 5.54 Å². The molecule has 7 nitrogen and oxygen atoms in total. The molecular weight excluding hydrogens is 552 g/mol. The van der Waals surface area contributed by atoms with Crippen LogP contribution in [0, 0.1) is 11.5 Å². The molecule has 1 aromatic rings. The highest BCUT2D eigenvalue weighted by Crippen LogP contribution is 2.35. The molecule has 0 aliphatic heterocycles. The maximum atomic E-state index is 14.4. The standard InChI is InChI=1S/C29H45ClN2O5SSi/c1-11-39(12-2,13-3)19-18-29(25(33)38-28(8,9)10,20-23-14-16-24(30)17-15-23)32(27(35)37-22(6)7)31-26(34)36-21(4)5/h14-17,21-22H,11-13,20H2,1-10H3,(H,31,34). The van der Waals surface area contributed by atoms with Crippen LogP contribution in [0.3, 0.4) is 0 Å². The molecule has 0 spiro atoms. The first-order valence-corrected chi connectivity index (χ1v) is 17.3. The van der Waals surface area contributed by atoms with Gasteiger partial charge >= 0.3 is 12.2 Å². The van der Waals surface area contributed by atoms with Gasteiger partial charge in [-0.25, -0.2) is 15.0 Å². The van der Waals surface area contributed by atoms with Crippen molar-refractivity contribution in [2.45, 2.75) is 116 Å². The minimum absolute atomic E-state index is 0.00978. The molecule has 1 aromatic carbocycles. The monoisotopic (exact) mass is 596 g/mol. The number of carbonyl (C=O) groups excluding carboxylic acids is 3. The highest BCUT2D eigenvalue weighted by molar-refractivity contribution is 8.15. The highest BCUT2D eigenvalue weighted by atomic mass is 35.5. The number of nitrogens with one attached hydrogen (secondary N) is 1. The van der Waals surface area contributed by atoms with Crippen molar-refractivity contribution >= 4 is 48.7 Å². The fourth-order valence-electron chi connectivity index (χ4n) is 3.79. The number of hydrogen-bond acceptors (Lipinski definition) is 6. The van der Waals surface area contributed by atoms with Crippen LogP contribution >= 0.6 is 23.4 Å². The first-order chi connectivity index (χ1) is 18.0. The van der Waals surface area contributed by atoms with Gasteiger partial charge in [0.2, 0.25) is 5.12 Å². The number of benzene rings is 1. The molecular formula is C29H45ClN2O5SSi. The molecule has 0 heterocycles. The first-order valence-electron chi connectivity index (χ1n) is 13.5. The Morgan fingerprint density at radius 3 is 1.92 bits per heavy atom. The number of hydrogen-bond donors (Lipinski definition) is 1. The van der Waals surface area contributed by atoms with Crippen LogP contribution in [0.5, 0.6) is 0 Å². The molecule has 1 rings (SSSR count). The van der Waals surface area contributed by atoms with Crippen molar-refractivity contribution < 1.29 is 23.9 Å². The summed E-state index contributed by atoms with van der Waals surface area (Å²) in [7, 11) is -2.10. The Hall–Kier alpha value is -2.15. The highest BCUT2D eigenvalue weighted by Gasteiger charge is 2.50. The summed E-state index contributed by atoms with van der Waals surface area (Å²) in [5, 5.41) is 1.10. The van der Waals surface area contributed by atoms with Crippen molar-refractivity contribution in [2.24, 2.45) is 0 Å². The second kappa shape index (κ2) is 15.0. The van der Waals surface area contributed by atoms with E-state index in [0.717, 1.165) is 40.5 Å². The van der Waals surface area contributed by atoms with Crippen molar-refractivity contribution in [1.82, 2.24) is 10.4 Å². The number of halogens is 1. The molecule has 0 radical (unpaired) electrons. The smallest absolute Gasteiger partial charge is 0.430 e. The molecule has 0 saturated carbocycles. The van der Waals surface area contributed by atoms with Gasteiger partial charge < -0.3 is 9.47 Å². The van der Waals surface area contributed by atoms with E-state index in [9.17, 15) is 14.4 Å². The summed E-state index contributed by atoms with van der Waals surface area (Å²) in [6, 6.07) is 9.69. The van der Waals surface area contributed by atoms with Gasteiger partial charge in [0.25, 0.3) is 0 Å². The van der Waals surface area contributed by atoms with Crippen LogP contribution in [0.1, 0.15) is 74.8 Å². The SMILES string of the molecule is CC[Si](C#CC(Cc1ccc(Cl)cc1)(C(=O)SC(C)(C)C)N(NC(=O)OC(C)C)C(=O)OC(C)C)(CC)CC. The number of ether oxygens (including phenoxy) is 2. The maximum absolute atomic E-state index is 14.4. The van der Waals surface area contributed by atoms with Gasteiger partial charge in [0.05, 0.1) is 12.2 Å². The van der Waals surface area contributed by atoms with Crippen LogP contribution in [0.4, 0.5) is 9.59 Å². The van der Waals surface area contributed by atoms with Gasteiger partial charge in [-0.05, 0) is 63.5 Å². The van der Waals surface area contributed by atoms with E-state index in [4.69, 9.17) is 21.1 Å².